The fourth-order valence-electron chi connectivity index (χ4n) is 2.02. The minimum Gasteiger partial charge on any atom is -0.449 e. The molecule has 2 amide bonds. The van der Waals surface area contributed by atoms with Crippen molar-refractivity contribution in [3.05, 3.63) is 28.2 Å². The maximum absolute atomic E-state index is 11.9. The highest BCUT2D eigenvalue weighted by Gasteiger charge is 2.20. The lowest BCUT2D eigenvalue weighted by atomic mass is 10.2. The number of hydrogen-bond donors (Lipinski definition) is 1. The lowest BCUT2D eigenvalue weighted by Gasteiger charge is -2.25. The van der Waals surface area contributed by atoms with Crippen molar-refractivity contribution in [3.8, 4) is 0 Å². The Kier molecular flexibility index (Phi) is 5.00. The van der Waals surface area contributed by atoms with Gasteiger partial charge in [0.25, 0.3) is 0 Å². The predicted molar refractivity (Wildman–Crippen MR) is 79.7 cm³/mol. The molecule has 0 unspecified atom stereocenters. The average Bonchev–Trinajstić information content (AvgIpc) is 2.41. The number of benzene rings is 1. The Morgan fingerprint density at radius 2 is 2.30 bits per heavy atom. The summed E-state index contributed by atoms with van der Waals surface area (Å²) >= 11 is 3.38. The van der Waals surface area contributed by atoms with E-state index in [9.17, 15) is 9.59 Å². The van der Waals surface area contributed by atoms with Gasteiger partial charge >= 0.3 is 6.09 Å². The van der Waals surface area contributed by atoms with E-state index in [4.69, 9.17) is 4.74 Å². The molecular formula is C14H17BrN2O3. The molecule has 0 aliphatic carbocycles. The number of cyclic esters (lactones) is 1. The molecule has 2 rings (SSSR count). The van der Waals surface area contributed by atoms with Crippen molar-refractivity contribution >= 4 is 33.6 Å². The standard InChI is InChI=1S/C14H17BrN2O3/c1-10-9-11(15)3-4-12(10)16-13(18)5-7-17-6-2-8-20-14(17)19/h3-4,9H,2,5-8H2,1H3,(H,16,18). The highest BCUT2D eigenvalue weighted by atomic mass is 79.9. The minimum absolute atomic E-state index is 0.103. The smallest absolute Gasteiger partial charge is 0.409 e. The fraction of sp³-hybridized carbons (Fsp3) is 0.429. The van der Waals surface area contributed by atoms with Crippen LogP contribution in [0.15, 0.2) is 22.7 Å². The van der Waals surface area contributed by atoms with E-state index >= 15 is 0 Å². The second kappa shape index (κ2) is 6.74. The first kappa shape index (κ1) is 14.8. The maximum atomic E-state index is 11.9. The SMILES string of the molecule is Cc1cc(Br)ccc1NC(=O)CCN1CCCOC1=O. The van der Waals surface area contributed by atoms with E-state index in [2.05, 4.69) is 21.2 Å². The van der Waals surface area contributed by atoms with Gasteiger partial charge in [0.05, 0.1) is 6.61 Å². The van der Waals surface area contributed by atoms with Crippen molar-refractivity contribution in [2.45, 2.75) is 19.8 Å². The number of nitrogens with one attached hydrogen (secondary N) is 1. The molecule has 0 spiro atoms. The number of nitrogens with zero attached hydrogens (tertiary/aromatic N) is 1. The Balaban J connectivity index is 1.84. The normalized spacial score (nSPS) is 14.9. The molecule has 5 nitrogen and oxygen atoms in total. The van der Waals surface area contributed by atoms with Crippen molar-refractivity contribution in [3.63, 3.8) is 0 Å². The van der Waals surface area contributed by atoms with Gasteiger partial charge in [0.2, 0.25) is 5.91 Å². The molecule has 108 valence electrons. The predicted octanol–water partition coefficient (Wildman–Crippen LogP) is 2.93. The molecule has 1 aromatic rings. The molecule has 0 radical (unpaired) electrons. The zero-order valence-corrected chi connectivity index (χ0v) is 12.9. The van der Waals surface area contributed by atoms with Gasteiger partial charge in [-0.2, -0.15) is 0 Å². The zero-order chi connectivity index (χ0) is 14.5. The number of rotatable bonds is 4. The maximum Gasteiger partial charge on any atom is 0.409 e. The van der Waals surface area contributed by atoms with Gasteiger partial charge in [-0.15, -0.1) is 0 Å². The number of carbonyl (C=O) groups is 2. The van der Waals surface area contributed by atoms with E-state index in [1.54, 1.807) is 4.90 Å². The number of anilines is 1. The summed E-state index contributed by atoms with van der Waals surface area (Å²) in [5.41, 5.74) is 1.78. The van der Waals surface area contributed by atoms with Gasteiger partial charge in [-0.25, -0.2) is 4.79 Å². The molecule has 0 bridgehead atoms. The van der Waals surface area contributed by atoms with Crippen LogP contribution < -0.4 is 5.32 Å². The van der Waals surface area contributed by atoms with Crippen LogP contribution in [0.2, 0.25) is 0 Å². The third kappa shape index (κ3) is 3.96. The van der Waals surface area contributed by atoms with Gasteiger partial charge in [-0.1, -0.05) is 15.9 Å². The molecule has 1 N–H and O–H groups in total. The number of ether oxygens (including phenoxy) is 1. The zero-order valence-electron chi connectivity index (χ0n) is 11.3. The van der Waals surface area contributed by atoms with Gasteiger partial charge in [0.15, 0.2) is 0 Å². The third-order valence-corrected chi connectivity index (χ3v) is 3.62. The first-order chi connectivity index (χ1) is 9.56. The molecule has 1 saturated heterocycles. The molecule has 20 heavy (non-hydrogen) atoms. The number of amides is 2. The second-order valence-electron chi connectivity index (χ2n) is 4.71. The lowest BCUT2D eigenvalue weighted by molar-refractivity contribution is -0.116. The van der Waals surface area contributed by atoms with Crippen LogP contribution in [0.3, 0.4) is 0 Å². The average molecular weight is 341 g/mol. The Morgan fingerprint density at radius 1 is 1.50 bits per heavy atom. The summed E-state index contributed by atoms with van der Waals surface area (Å²) in [5, 5.41) is 2.85. The molecule has 1 fully saturated rings. The molecule has 0 saturated carbocycles. The molecule has 1 aromatic carbocycles. The Hall–Kier alpha value is -1.56. The Bertz CT molecular complexity index is 519. The highest BCUT2D eigenvalue weighted by Crippen LogP contribution is 2.20. The quantitative estimate of drug-likeness (QED) is 0.916. The van der Waals surface area contributed by atoms with Gasteiger partial charge in [0.1, 0.15) is 0 Å². The highest BCUT2D eigenvalue weighted by molar-refractivity contribution is 9.10. The van der Waals surface area contributed by atoms with Crippen molar-refractivity contribution in [2.24, 2.45) is 0 Å². The molecule has 0 atom stereocenters. The van der Waals surface area contributed by atoms with E-state index in [1.807, 2.05) is 25.1 Å². The number of carbonyl (C=O) groups excluding carboxylic acids is 2. The summed E-state index contributed by atoms with van der Waals surface area (Å²) < 4.78 is 5.90. The molecule has 0 aromatic heterocycles. The number of hydrogen-bond acceptors (Lipinski definition) is 3. The summed E-state index contributed by atoms with van der Waals surface area (Å²) in [6.07, 6.45) is 0.757. The molecule has 6 heteroatoms. The lowest BCUT2D eigenvalue weighted by Crippen LogP contribution is -2.39. The monoisotopic (exact) mass is 340 g/mol. The van der Waals surface area contributed by atoms with E-state index in [-0.39, 0.29) is 18.4 Å². The van der Waals surface area contributed by atoms with Gasteiger partial charge < -0.3 is 15.0 Å². The first-order valence-corrected chi connectivity index (χ1v) is 7.33. The number of aryl methyl sites for hydroxylation is 1. The molecular weight excluding hydrogens is 324 g/mol. The summed E-state index contributed by atoms with van der Waals surface area (Å²) in [7, 11) is 0. The van der Waals surface area contributed by atoms with E-state index in [0.717, 1.165) is 22.1 Å². The van der Waals surface area contributed by atoms with Crippen molar-refractivity contribution in [1.29, 1.82) is 0 Å². The summed E-state index contributed by atoms with van der Waals surface area (Å²) in [6.45, 7) is 3.45. The summed E-state index contributed by atoms with van der Waals surface area (Å²) in [4.78, 5) is 24.9. The Labute approximate surface area is 126 Å². The van der Waals surface area contributed by atoms with Crippen LogP contribution in [0.5, 0.6) is 0 Å². The molecule has 1 aliphatic rings. The van der Waals surface area contributed by atoms with Crippen LogP contribution >= 0.6 is 15.9 Å². The van der Waals surface area contributed by atoms with E-state index in [0.29, 0.717) is 19.7 Å². The van der Waals surface area contributed by atoms with Crippen LogP contribution in [-0.2, 0) is 9.53 Å². The van der Waals surface area contributed by atoms with Crippen LogP contribution in [-0.4, -0.2) is 36.6 Å². The summed E-state index contributed by atoms with van der Waals surface area (Å²) in [6, 6.07) is 5.68. The van der Waals surface area contributed by atoms with E-state index < -0.39 is 0 Å². The van der Waals surface area contributed by atoms with Crippen LogP contribution in [0.1, 0.15) is 18.4 Å². The van der Waals surface area contributed by atoms with Crippen LogP contribution in [0.25, 0.3) is 0 Å². The topological polar surface area (TPSA) is 58.6 Å². The minimum atomic E-state index is -0.330. The van der Waals surface area contributed by atoms with Crippen molar-refractivity contribution in [2.75, 3.05) is 25.0 Å². The van der Waals surface area contributed by atoms with Crippen LogP contribution in [0.4, 0.5) is 10.5 Å². The molecule has 1 heterocycles. The summed E-state index contributed by atoms with van der Waals surface area (Å²) in [5.74, 6) is -0.103. The third-order valence-electron chi connectivity index (χ3n) is 3.13. The van der Waals surface area contributed by atoms with E-state index in [1.165, 1.54) is 0 Å². The van der Waals surface area contributed by atoms with Gasteiger partial charge in [-0.05, 0) is 37.1 Å². The first-order valence-electron chi connectivity index (χ1n) is 6.54. The van der Waals surface area contributed by atoms with Gasteiger partial charge in [-0.3, -0.25) is 4.79 Å². The largest absolute Gasteiger partial charge is 0.449 e. The molecule has 1 aliphatic heterocycles. The van der Waals surface area contributed by atoms with Crippen molar-refractivity contribution in [1.82, 2.24) is 4.90 Å². The Morgan fingerprint density at radius 3 is 3.00 bits per heavy atom. The fourth-order valence-corrected chi connectivity index (χ4v) is 2.49. The number of halogens is 1. The van der Waals surface area contributed by atoms with Crippen molar-refractivity contribution < 1.29 is 14.3 Å². The van der Waals surface area contributed by atoms with Gasteiger partial charge in [0, 0.05) is 29.7 Å². The van der Waals surface area contributed by atoms with Crippen LogP contribution in [0, 0.1) is 6.92 Å². The second-order valence-corrected chi connectivity index (χ2v) is 5.63.